The lowest BCUT2D eigenvalue weighted by molar-refractivity contribution is -0.137. The normalized spacial score (nSPS) is 14.8. The van der Waals surface area contributed by atoms with Crippen LogP contribution in [0.1, 0.15) is 5.56 Å². The zero-order valence-electron chi connectivity index (χ0n) is 14.0. The van der Waals surface area contributed by atoms with Gasteiger partial charge in [0.2, 0.25) is 5.91 Å². The quantitative estimate of drug-likeness (QED) is 0.407. The van der Waals surface area contributed by atoms with Crippen molar-refractivity contribution in [1.29, 1.82) is 5.26 Å². The molecule has 12 heteroatoms. The van der Waals surface area contributed by atoms with Gasteiger partial charge in [-0.05, 0) is 18.2 Å². The summed E-state index contributed by atoms with van der Waals surface area (Å²) in [6.45, 7) is 0.142. The summed E-state index contributed by atoms with van der Waals surface area (Å²) in [6.07, 6.45) is -3.65. The van der Waals surface area contributed by atoms with E-state index >= 15 is 0 Å². The number of halogens is 4. The fourth-order valence-corrected chi connectivity index (χ4v) is 3.09. The van der Waals surface area contributed by atoms with Crippen LogP contribution in [0.3, 0.4) is 0 Å². The van der Waals surface area contributed by atoms with Crippen LogP contribution in [0.2, 0.25) is 5.02 Å². The number of nitrogens with zero attached hydrogens (tertiary/aromatic N) is 2. The smallest absolute Gasteiger partial charge is 0.388 e. The molecule has 0 radical (unpaired) electrons. The Labute approximate surface area is 166 Å². The Balaban J connectivity index is 1.98. The summed E-state index contributed by atoms with van der Waals surface area (Å²) in [5.41, 5.74) is -1.71. The van der Waals surface area contributed by atoms with Gasteiger partial charge in [-0.3, -0.25) is 19.3 Å². The number of alkyl halides is 3. The average Bonchev–Trinajstić information content (AvgIpc) is 2.94. The van der Waals surface area contributed by atoms with Crippen molar-refractivity contribution in [2.45, 2.75) is 6.18 Å². The first kappa shape index (κ1) is 21.6. The molecule has 7 nitrogen and oxygen atoms in total. The monoisotopic (exact) mass is 432 g/mol. The van der Waals surface area contributed by atoms with Gasteiger partial charge in [-0.2, -0.15) is 18.4 Å². The Kier molecular flexibility index (Phi) is 6.93. The average molecular weight is 433 g/mol. The Hall–Kier alpha value is -2.71. The zero-order chi connectivity index (χ0) is 20.9. The van der Waals surface area contributed by atoms with Crippen molar-refractivity contribution in [2.75, 3.05) is 24.2 Å². The Morgan fingerprint density at radius 1 is 1.39 bits per heavy atom. The first-order chi connectivity index (χ1) is 13.1. The maximum Gasteiger partial charge on any atom is 0.417 e. The summed E-state index contributed by atoms with van der Waals surface area (Å²) in [6, 6.07) is 4.42. The van der Waals surface area contributed by atoms with Gasteiger partial charge in [-0.15, -0.1) is 0 Å². The molecule has 0 spiro atoms. The number of benzene rings is 1. The number of carbonyl (C=O) groups is 3. The summed E-state index contributed by atoms with van der Waals surface area (Å²) in [5.74, 6) is -1.20. The third-order valence-corrected chi connectivity index (χ3v) is 4.65. The van der Waals surface area contributed by atoms with Gasteiger partial charge in [0.15, 0.2) is 0 Å². The lowest BCUT2D eigenvalue weighted by Gasteiger charge is -2.13. The van der Waals surface area contributed by atoms with Gasteiger partial charge in [-0.1, -0.05) is 23.4 Å². The van der Waals surface area contributed by atoms with E-state index in [1.54, 1.807) is 6.07 Å². The number of hydrogen-bond donors (Lipinski definition) is 2. The molecule has 1 heterocycles. The number of rotatable bonds is 6. The molecule has 1 aromatic carbocycles. The molecule has 1 saturated heterocycles. The molecule has 0 bridgehead atoms. The van der Waals surface area contributed by atoms with Crippen molar-refractivity contribution < 1.29 is 27.6 Å². The van der Waals surface area contributed by atoms with Gasteiger partial charge in [0.25, 0.3) is 11.1 Å². The van der Waals surface area contributed by atoms with Crippen molar-refractivity contribution in [2.24, 2.45) is 0 Å². The van der Waals surface area contributed by atoms with Crippen LogP contribution in [-0.4, -0.2) is 40.8 Å². The third kappa shape index (κ3) is 5.40. The second kappa shape index (κ2) is 8.99. The van der Waals surface area contributed by atoms with Crippen molar-refractivity contribution >= 4 is 46.1 Å². The van der Waals surface area contributed by atoms with E-state index in [-0.39, 0.29) is 35.7 Å². The fourth-order valence-electron chi connectivity index (χ4n) is 2.11. The van der Waals surface area contributed by atoms with Gasteiger partial charge in [0, 0.05) is 25.0 Å². The molecule has 0 saturated carbocycles. The highest BCUT2D eigenvalue weighted by Crippen LogP contribution is 2.36. The second-order valence-corrected chi connectivity index (χ2v) is 6.70. The molecule has 0 unspecified atom stereocenters. The highest BCUT2D eigenvalue weighted by Gasteiger charge is 2.33. The topological polar surface area (TPSA) is 102 Å². The maximum absolute atomic E-state index is 12.9. The molecule has 0 aliphatic carbocycles. The number of thioether (sulfide) groups is 1. The molecular weight excluding hydrogens is 421 g/mol. The highest BCUT2D eigenvalue weighted by atomic mass is 35.5. The summed E-state index contributed by atoms with van der Waals surface area (Å²) in [7, 11) is 0. The van der Waals surface area contributed by atoms with E-state index in [1.165, 1.54) is 6.07 Å². The van der Waals surface area contributed by atoms with Crippen molar-refractivity contribution in [3.8, 4) is 6.07 Å². The van der Waals surface area contributed by atoms with Crippen LogP contribution >= 0.6 is 23.4 Å². The lowest BCUT2D eigenvalue weighted by Crippen LogP contribution is -2.34. The minimum Gasteiger partial charge on any atom is -0.388 e. The molecule has 148 valence electrons. The zero-order valence-corrected chi connectivity index (χ0v) is 15.5. The van der Waals surface area contributed by atoms with E-state index in [4.69, 9.17) is 16.9 Å². The van der Waals surface area contributed by atoms with Gasteiger partial charge in [-0.25, -0.2) is 0 Å². The number of nitriles is 1. The first-order valence-electron chi connectivity index (χ1n) is 7.62. The Morgan fingerprint density at radius 2 is 2.11 bits per heavy atom. The molecular formula is C16H12ClF3N4O3S. The molecule has 3 amide bonds. The van der Waals surface area contributed by atoms with Crippen molar-refractivity contribution in [3.63, 3.8) is 0 Å². The van der Waals surface area contributed by atoms with Crippen molar-refractivity contribution in [3.05, 3.63) is 40.6 Å². The molecule has 2 N–H and O–H groups in total. The maximum atomic E-state index is 12.9. The summed E-state index contributed by atoms with van der Waals surface area (Å²) < 4.78 is 38.6. The molecule has 28 heavy (non-hydrogen) atoms. The SMILES string of the molecule is N#C/C(=C/NCCN1C(=O)CSC1=O)C(=O)Nc1ccc(Cl)c(C(F)(F)F)c1. The van der Waals surface area contributed by atoms with Crippen LogP contribution in [0.5, 0.6) is 0 Å². The standard InChI is InChI=1S/C16H12ClF3N4O3S/c17-12-2-1-10(5-11(12)16(18,19)20)23-14(26)9(6-21)7-22-3-4-24-13(25)8-28-15(24)27/h1-2,5,7,22H,3-4,8H2,(H,23,26)/b9-7-. The number of nitrogens with one attached hydrogen (secondary N) is 2. The highest BCUT2D eigenvalue weighted by molar-refractivity contribution is 8.14. The Bertz CT molecular complexity index is 867. The minimum atomic E-state index is -4.70. The van der Waals surface area contributed by atoms with E-state index in [9.17, 15) is 27.6 Å². The Morgan fingerprint density at radius 3 is 2.68 bits per heavy atom. The minimum absolute atomic E-state index is 0.0492. The number of imide groups is 1. The van der Waals surface area contributed by atoms with E-state index in [0.29, 0.717) is 6.07 Å². The summed E-state index contributed by atoms with van der Waals surface area (Å²) >= 11 is 6.39. The van der Waals surface area contributed by atoms with E-state index < -0.39 is 28.2 Å². The van der Waals surface area contributed by atoms with Gasteiger partial charge < -0.3 is 10.6 Å². The fraction of sp³-hybridized carbons (Fsp3) is 0.250. The molecule has 0 aromatic heterocycles. The molecule has 1 fully saturated rings. The second-order valence-electron chi connectivity index (χ2n) is 5.37. The molecule has 1 aliphatic heterocycles. The van der Waals surface area contributed by atoms with Gasteiger partial charge in [0.05, 0.1) is 16.3 Å². The first-order valence-corrected chi connectivity index (χ1v) is 8.98. The summed E-state index contributed by atoms with van der Waals surface area (Å²) in [5, 5.41) is 12.9. The van der Waals surface area contributed by atoms with Crippen LogP contribution in [0.4, 0.5) is 23.7 Å². The largest absolute Gasteiger partial charge is 0.417 e. The van der Waals surface area contributed by atoms with Crippen LogP contribution < -0.4 is 10.6 Å². The van der Waals surface area contributed by atoms with Gasteiger partial charge in [0.1, 0.15) is 11.6 Å². The molecule has 0 atom stereocenters. The third-order valence-electron chi connectivity index (χ3n) is 3.46. The molecule has 1 aromatic rings. The predicted octanol–water partition coefficient (Wildman–Crippen LogP) is 2.99. The van der Waals surface area contributed by atoms with Crippen LogP contribution in [-0.2, 0) is 15.8 Å². The van der Waals surface area contributed by atoms with Crippen LogP contribution in [0.25, 0.3) is 0 Å². The lowest BCUT2D eigenvalue weighted by atomic mass is 10.2. The van der Waals surface area contributed by atoms with Gasteiger partial charge >= 0.3 is 6.18 Å². The summed E-state index contributed by atoms with van der Waals surface area (Å²) in [4.78, 5) is 36.0. The van der Waals surface area contributed by atoms with Crippen LogP contribution in [0.15, 0.2) is 30.0 Å². The van der Waals surface area contributed by atoms with E-state index in [0.717, 1.165) is 28.9 Å². The van der Waals surface area contributed by atoms with E-state index in [2.05, 4.69) is 10.6 Å². The van der Waals surface area contributed by atoms with Crippen LogP contribution in [0, 0.1) is 11.3 Å². The van der Waals surface area contributed by atoms with E-state index in [1.807, 2.05) is 0 Å². The number of anilines is 1. The predicted molar refractivity (Wildman–Crippen MR) is 96.3 cm³/mol. The number of carbonyl (C=O) groups excluding carboxylic acids is 3. The number of amides is 3. The molecule has 2 rings (SSSR count). The molecule has 1 aliphatic rings. The van der Waals surface area contributed by atoms with Crippen molar-refractivity contribution in [1.82, 2.24) is 10.2 Å². The number of hydrogen-bond acceptors (Lipinski definition) is 6.